The number of rotatable bonds is 2. The molecule has 1 amide bonds. The highest BCUT2D eigenvalue weighted by Gasteiger charge is 2.27. The summed E-state index contributed by atoms with van der Waals surface area (Å²) in [5, 5.41) is 6.10. The highest BCUT2D eigenvalue weighted by molar-refractivity contribution is 7.17. The SMILES string of the molecule is O=C(NC1CCCC1Cl)c1csc2ccccc12. The van der Waals surface area contributed by atoms with Gasteiger partial charge in [0.15, 0.2) is 0 Å². The van der Waals surface area contributed by atoms with Crippen LogP contribution in [0.2, 0.25) is 0 Å². The molecule has 0 spiro atoms. The number of fused-ring (bicyclic) bond motifs is 1. The fourth-order valence-electron chi connectivity index (χ4n) is 2.48. The van der Waals surface area contributed by atoms with Crippen molar-refractivity contribution in [2.45, 2.75) is 30.7 Å². The molecular weight excluding hydrogens is 266 g/mol. The molecule has 3 rings (SSSR count). The maximum Gasteiger partial charge on any atom is 0.253 e. The van der Waals surface area contributed by atoms with Crippen molar-refractivity contribution in [3.05, 3.63) is 35.2 Å². The van der Waals surface area contributed by atoms with E-state index in [9.17, 15) is 4.79 Å². The van der Waals surface area contributed by atoms with Crippen LogP contribution < -0.4 is 5.32 Å². The maximum absolute atomic E-state index is 12.3. The lowest BCUT2D eigenvalue weighted by Gasteiger charge is -2.15. The third-order valence-corrected chi connectivity index (χ3v) is 4.96. The van der Waals surface area contributed by atoms with Crippen LogP contribution in [0.3, 0.4) is 0 Å². The van der Waals surface area contributed by atoms with Gasteiger partial charge in [-0.15, -0.1) is 22.9 Å². The van der Waals surface area contributed by atoms with E-state index in [2.05, 4.69) is 5.32 Å². The zero-order valence-electron chi connectivity index (χ0n) is 9.86. The van der Waals surface area contributed by atoms with Gasteiger partial charge in [0.2, 0.25) is 0 Å². The fourth-order valence-corrected chi connectivity index (χ4v) is 3.76. The molecule has 2 atom stereocenters. The lowest BCUT2D eigenvalue weighted by molar-refractivity contribution is 0.0940. The van der Waals surface area contributed by atoms with E-state index in [-0.39, 0.29) is 17.3 Å². The first-order valence-electron chi connectivity index (χ1n) is 6.17. The summed E-state index contributed by atoms with van der Waals surface area (Å²) < 4.78 is 1.15. The maximum atomic E-state index is 12.3. The minimum atomic E-state index is 0.00463. The molecule has 1 aromatic heterocycles. The molecule has 1 aromatic carbocycles. The van der Waals surface area contributed by atoms with Crippen LogP contribution in [-0.2, 0) is 0 Å². The number of hydrogen-bond donors (Lipinski definition) is 1. The largest absolute Gasteiger partial charge is 0.348 e. The molecule has 1 heterocycles. The first-order chi connectivity index (χ1) is 8.75. The first-order valence-corrected chi connectivity index (χ1v) is 7.48. The molecule has 0 aliphatic heterocycles. The van der Waals surface area contributed by atoms with Crippen molar-refractivity contribution in [1.29, 1.82) is 0 Å². The second kappa shape index (κ2) is 4.90. The molecule has 2 unspecified atom stereocenters. The number of hydrogen-bond acceptors (Lipinski definition) is 2. The average molecular weight is 280 g/mol. The lowest BCUT2D eigenvalue weighted by Crippen LogP contribution is -2.37. The number of carbonyl (C=O) groups is 1. The molecule has 18 heavy (non-hydrogen) atoms. The lowest BCUT2D eigenvalue weighted by atomic mass is 10.1. The normalized spacial score (nSPS) is 23.4. The Bertz CT molecular complexity index is 580. The number of benzene rings is 1. The van der Waals surface area contributed by atoms with Crippen molar-refractivity contribution < 1.29 is 4.79 Å². The molecule has 0 saturated heterocycles. The minimum absolute atomic E-state index is 0.00463. The molecule has 1 N–H and O–H groups in total. The number of alkyl halides is 1. The van der Waals surface area contributed by atoms with Gasteiger partial charge < -0.3 is 5.32 Å². The number of nitrogens with one attached hydrogen (secondary N) is 1. The second-order valence-electron chi connectivity index (χ2n) is 4.67. The third kappa shape index (κ3) is 2.13. The van der Waals surface area contributed by atoms with E-state index in [4.69, 9.17) is 11.6 Å². The molecule has 4 heteroatoms. The zero-order valence-corrected chi connectivity index (χ0v) is 11.4. The average Bonchev–Trinajstić information content (AvgIpc) is 2.96. The van der Waals surface area contributed by atoms with Gasteiger partial charge in [0.05, 0.1) is 10.9 Å². The van der Waals surface area contributed by atoms with Crippen LogP contribution in [-0.4, -0.2) is 17.3 Å². The van der Waals surface area contributed by atoms with Crippen LogP contribution in [0.25, 0.3) is 10.1 Å². The van der Waals surface area contributed by atoms with Crippen LogP contribution >= 0.6 is 22.9 Å². The summed E-state index contributed by atoms with van der Waals surface area (Å²) in [4.78, 5) is 12.3. The van der Waals surface area contributed by atoms with E-state index in [0.717, 1.165) is 34.9 Å². The molecule has 0 bridgehead atoms. The van der Waals surface area contributed by atoms with E-state index in [1.54, 1.807) is 11.3 Å². The van der Waals surface area contributed by atoms with Crippen molar-refractivity contribution in [2.24, 2.45) is 0 Å². The molecule has 2 aromatic rings. The summed E-state index contributed by atoms with van der Waals surface area (Å²) in [6.45, 7) is 0. The van der Waals surface area contributed by atoms with Gasteiger partial charge in [0, 0.05) is 21.5 Å². The van der Waals surface area contributed by atoms with E-state index in [0.29, 0.717) is 0 Å². The summed E-state index contributed by atoms with van der Waals surface area (Å²) in [6.07, 6.45) is 3.09. The summed E-state index contributed by atoms with van der Waals surface area (Å²) in [6, 6.07) is 8.11. The van der Waals surface area contributed by atoms with E-state index in [1.807, 2.05) is 29.6 Å². The van der Waals surface area contributed by atoms with Gasteiger partial charge in [-0.25, -0.2) is 0 Å². The highest BCUT2D eigenvalue weighted by atomic mass is 35.5. The third-order valence-electron chi connectivity index (χ3n) is 3.47. The van der Waals surface area contributed by atoms with E-state index >= 15 is 0 Å². The Balaban J connectivity index is 1.84. The highest BCUT2D eigenvalue weighted by Crippen LogP contribution is 2.27. The van der Waals surface area contributed by atoms with Gasteiger partial charge in [-0.1, -0.05) is 18.2 Å². The van der Waals surface area contributed by atoms with Gasteiger partial charge in [0.25, 0.3) is 5.91 Å². The van der Waals surface area contributed by atoms with Crippen molar-refractivity contribution in [2.75, 3.05) is 0 Å². The van der Waals surface area contributed by atoms with Crippen LogP contribution in [0.5, 0.6) is 0 Å². The summed E-state index contributed by atoms with van der Waals surface area (Å²) in [5.74, 6) is 0.00463. The van der Waals surface area contributed by atoms with Crippen LogP contribution in [0.4, 0.5) is 0 Å². The summed E-state index contributed by atoms with van der Waals surface area (Å²) in [5.41, 5.74) is 0.770. The minimum Gasteiger partial charge on any atom is -0.348 e. The Morgan fingerprint density at radius 3 is 2.94 bits per heavy atom. The van der Waals surface area contributed by atoms with Crippen LogP contribution in [0.1, 0.15) is 29.6 Å². The van der Waals surface area contributed by atoms with E-state index in [1.165, 1.54) is 0 Å². The molecule has 1 fully saturated rings. The standard InChI is InChI=1S/C14H14ClNOS/c15-11-5-3-6-12(11)16-14(17)10-8-18-13-7-2-1-4-9(10)13/h1-2,4,7-8,11-12H,3,5-6H2,(H,16,17). The van der Waals surface area contributed by atoms with Gasteiger partial charge in [0.1, 0.15) is 0 Å². The van der Waals surface area contributed by atoms with E-state index < -0.39 is 0 Å². The Labute approximate surface area is 115 Å². The van der Waals surface area contributed by atoms with Crippen molar-refractivity contribution >= 4 is 38.9 Å². The van der Waals surface area contributed by atoms with Crippen molar-refractivity contribution in [3.63, 3.8) is 0 Å². The smallest absolute Gasteiger partial charge is 0.253 e. The van der Waals surface area contributed by atoms with Gasteiger partial charge >= 0.3 is 0 Å². The van der Waals surface area contributed by atoms with Gasteiger partial charge in [-0.05, 0) is 25.3 Å². The number of halogens is 1. The van der Waals surface area contributed by atoms with Crippen LogP contribution in [0.15, 0.2) is 29.6 Å². The predicted octanol–water partition coefficient (Wildman–Crippen LogP) is 3.79. The second-order valence-corrected chi connectivity index (χ2v) is 6.14. The fraction of sp³-hybridized carbons (Fsp3) is 0.357. The Kier molecular flexibility index (Phi) is 3.27. The molecule has 1 saturated carbocycles. The molecule has 94 valence electrons. The molecular formula is C14H14ClNOS. The summed E-state index contributed by atoms with van der Waals surface area (Å²) in [7, 11) is 0. The monoisotopic (exact) mass is 279 g/mol. The summed E-state index contributed by atoms with van der Waals surface area (Å²) >= 11 is 7.80. The van der Waals surface area contributed by atoms with Crippen molar-refractivity contribution in [3.8, 4) is 0 Å². The predicted molar refractivity (Wildman–Crippen MR) is 76.6 cm³/mol. The molecule has 2 nitrogen and oxygen atoms in total. The molecule has 0 radical (unpaired) electrons. The quantitative estimate of drug-likeness (QED) is 0.833. The molecule has 1 aliphatic rings. The zero-order chi connectivity index (χ0) is 12.5. The van der Waals surface area contributed by atoms with Gasteiger partial charge in [-0.3, -0.25) is 4.79 Å². The topological polar surface area (TPSA) is 29.1 Å². The number of amides is 1. The Morgan fingerprint density at radius 1 is 1.33 bits per heavy atom. The first kappa shape index (κ1) is 12.0. The van der Waals surface area contributed by atoms with Crippen LogP contribution in [0, 0.1) is 0 Å². The molecule has 1 aliphatic carbocycles. The Morgan fingerprint density at radius 2 is 2.17 bits per heavy atom. The van der Waals surface area contributed by atoms with Gasteiger partial charge in [-0.2, -0.15) is 0 Å². The Hall–Kier alpha value is -1.06. The number of carbonyl (C=O) groups excluding carboxylic acids is 1. The van der Waals surface area contributed by atoms with Crippen molar-refractivity contribution in [1.82, 2.24) is 5.32 Å². The number of thiophene rings is 1.